The summed E-state index contributed by atoms with van der Waals surface area (Å²) in [5.41, 5.74) is 3.47. The maximum absolute atomic E-state index is 13.2. The Hall–Kier alpha value is -2.62. The summed E-state index contributed by atoms with van der Waals surface area (Å²) in [6.07, 6.45) is 2.20. The van der Waals surface area contributed by atoms with Gasteiger partial charge in [0.2, 0.25) is 5.91 Å². The molecule has 2 aromatic carbocycles. The van der Waals surface area contributed by atoms with Gasteiger partial charge in [-0.05, 0) is 42.0 Å². The number of amides is 1. The van der Waals surface area contributed by atoms with Crippen LogP contribution in [0, 0.1) is 5.41 Å². The van der Waals surface area contributed by atoms with Crippen LogP contribution < -0.4 is 0 Å². The Morgan fingerprint density at radius 3 is 2.68 bits per heavy atom. The molecule has 1 aliphatic carbocycles. The van der Waals surface area contributed by atoms with Crippen molar-refractivity contribution in [1.82, 2.24) is 4.90 Å². The van der Waals surface area contributed by atoms with E-state index in [1.807, 2.05) is 35.2 Å². The molecule has 128 valence electrons. The van der Waals surface area contributed by atoms with Gasteiger partial charge < -0.3 is 9.64 Å². The number of hydrogen-bond acceptors (Lipinski definition) is 3. The Labute approximate surface area is 147 Å². The van der Waals surface area contributed by atoms with E-state index in [1.54, 1.807) is 6.07 Å². The van der Waals surface area contributed by atoms with Crippen molar-refractivity contribution in [3.8, 4) is 0 Å². The molecule has 4 heteroatoms. The predicted octanol–water partition coefficient (Wildman–Crippen LogP) is 2.99. The average Bonchev–Trinajstić information content (AvgIpc) is 3.17. The highest BCUT2D eigenvalue weighted by molar-refractivity contribution is 5.93. The number of hydrogen-bond donors (Lipinski definition) is 0. The third-order valence-electron chi connectivity index (χ3n) is 5.54. The molecular weight excluding hydrogens is 314 g/mol. The Morgan fingerprint density at radius 1 is 1.12 bits per heavy atom. The van der Waals surface area contributed by atoms with Crippen molar-refractivity contribution in [1.29, 1.82) is 0 Å². The SMILES string of the molecule is COC(=O)c1cccc2c1CC1(CCN(Cc3ccccc3)C1=O)C2. The molecule has 1 atom stereocenters. The van der Waals surface area contributed by atoms with Crippen molar-refractivity contribution in [3.63, 3.8) is 0 Å². The largest absolute Gasteiger partial charge is 0.465 e. The summed E-state index contributed by atoms with van der Waals surface area (Å²) in [6.45, 7) is 1.43. The highest BCUT2D eigenvalue weighted by atomic mass is 16.5. The molecule has 1 fully saturated rings. The number of methoxy groups -OCH3 is 1. The van der Waals surface area contributed by atoms with Gasteiger partial charge in [-0.3, -0.25) is 4.79 Å². The lowest BCUT2D eigenvalue weighted by molar-refractivity contribution is -0.136. The highest BCUT2D eigenvalue weighted by Gasteiger charge is 2.50. The monoisotopic (exact) mass is 335 g/mol. The summed E-state index contributed by atoms with van der Waals surface area (Å²) >= 11 is 0. The van der Waals surface area contributed by atoms with Gasteiger partial charge in [0.15, 0.2) is 0 Å². The molecule has 1 spiro atoms. The molecule has 1 aliphatic heterocycles. The molecule has 2 aromatic rings. The second kappa shape index (κ2) is 6.03. The first-order chi connectivity index (χ1) is 12.1. The molecule has 0 aromatic heterocycles. The lowest BCUT2D eigenvalue weighted by Crippen LogP contribution is -2.35. The van der Waals surface area contributed by atoms with Crippen molar-refractivity contribution < 1.29 is 14.3 Å². The fourth-order valence-corrected chi connectivity index (χ4v) is 4.25. The van der Waals surface area contributed by atoms with Crippen LogP contribution in [0.5, 0.6) is 0 Å². The Balaban J connectivity index is 1.58. The van der Waals surface area contributed by atoms with Gasteiger partial charge >= 0.3 is 5.97 Å². The van der Waals surface area contributed by atoms with Crippen LogP contribution in [0.3, 0.4) is 0 Å². The molecule has 4 nitrogen and oxygen atoms in total. The Kier molecular flexibility index (Phi) is 3.83. The van der Waals surface area contributed by atoms with Crippen molar-refractivity contribution in [3.05, 3.63) is 70.8 Å². The van der Waals surface area contributed by atoms with Crippen molar-refractivity contribution in [2.45, 2.75) is 25.8 Å². The third-order valence-corrected chi connectivity index (χ3v) is 5.54. The first-order valence-corrected chi connectivity index (χ1v) is 8.65. The minimum absolute atomic E-state index is 0.211. The van der Waals surface area contributed by atoms with Gasteiger partial charge in [0.05, 0.1) is 18.1 Å². The van der Waals surface area contributed by atoms with Crippen molar-refractivity contribution in [2.75, 3.05) is 13.7 Å². The summed E-state index contributed by atoms with van der Waals surface area (Å²) < 4.78 is 4.91. The zero-order chi connectivity index (χ0) is 17.4. The Bertz CT molecular complexity index is 830. The van der Waals surface area contributed by atoms with Gasteiger partial charge in [0.25, 0.3) is 0 Å². The van der Waals surface area contributed by atoms with Crippen LogP contribution in [0.2, 0.25) is 0 Å². The van der Waals surface area contributed by atoms with E-state index in [2.05, 4.69) is 12.1 Å². The number of rotatable bonds is 3. The van der Waals surface area contributed by atoms with E-state index in [-0.39, 0.29) is 17.3 Å². The topological polar surface area (TPSA) is 46.6 Å². The van der Waals surface area contributed by atoms with Gasteiger partial charge in [-0.2, -0.15) is 0 Å². The minimum atomic E-state index is -0.388. The van der Waals surface area contributed by atoms with Gasteiger partial charge in [0.1, 0.15) is 0 Å². The molecule has 0 bridgehead atoms. The second-order valence-corrected chi connectivity index (χ2v) is 7.03. The van der Waals surface area contributed by atoms with E-state index in [9.17, 15) is 9.59 Å². The predicted molar refractivity (Wildman–Crippen MR) is 94.1 cm³/mol. The number of nitrogens with zero attached hydrogens (tertiary/aromatic N) is 1. The van der Waals surface area contributed by atoms with Gasteiger partial charge in [-0.25, -0.2) is 4.79 Å². The van der Waals surface area contributed by atoms with Crippen LogP contribution in [0.15, 0.2) is 48.5 Å². The standard InChI is InChI=1S/C21H21NO3/c1-25-19(23)17-9-5-8-16-12-21(13-18(16)17)10-11-22(20(21)24)14-15-6-3-2-4-7-15/h2-9H,10-14H2,1H3. The molecule has 25 heavy (non-hydrogen) atoms. The van der Waals surface area contributed by atoms with Crippen LogP contribution >= 0.6 is 0 Å². The van der Waals surface area contributed by atoms with E-state index in [4.69, 9.17) is 4.74 Å². The van der Waals surface area contributed by atoms with E-state index in [1.165, 1.54) is 7.11 Å². The van der Waals surface area contributed by atoms with E-state index in [0.717, 1.165) is 36.1 Å². The van der Waals surface area contributed by atoms with E-state index >= 15 is 0 Å². The summed E-state index contributed by atoms with van der Waals surface area (Å²) in [5, 5.41) is 0. The van der Waals surface area contributed by atoms with Crippen LogP contribution in [-0.4, -0.2) is 30.4 Å². The number of carbonyl (C=O) groups is 2. The third kappa shape index (κ3) is 2.62. The summed E-state index contributed by atoms with van der Waals surface area (Å²) in [4.78, 5) is 27.2. The number of fused-ring (bicyclic) bond motifs is 1. The quantitative estimate of drug-likeness (QED) is 0.810. The molecular formula is C21H21NO3. The Morgan fingerprint density at radius 2 is 1.92 bits per heavy atom. The zero-order valence-corrected chi connectivity index (χ0v) is 14.3. The van der Waals surface area contributed by atoms with E-state index < -0.39 is 0 Å². The fraction of sp³-hybridized carbons (Fsp3) is 0.333. The molecule has 2 aliphatic rings. The van der Waals surface area contributed by atoms with Crippen LogP contribution in [0.1, 0.15) is 33.5 Å². The lowest BCUT2D eigenvalue weighted by Gasteiger charge is -2.23. The molecule has 1 heterocycles. The molecule has 0 saturated carbocycles. The number of carbonyl (C=O) groups excluding carboxylic acids is 2. The van der Waals surface area contributed by atoms with Crippen LogP contribution in [-0.2, 0) is 28.9 Å². The van der Waals surface area contributed by atoms with Gasteiger partial charge in [0, 0.05) is 13.1 Å². The summed E-state index contributed by atoms with van der Waals surface area (Å²) in [6, 6.07) is 15.8. The van der Waals surface area contributed by atoms with Gasteiger partial charge in [-0.15, -0.1) is 0 Å². The lowest BCUT2D eigenvalue weighted by atomic mass is 9.83. The molecule has 4 rings (SSSR count). The summed E-state index contributed by atoms with van der Waals surface area (Å²) in [7, 11) is 1.40. The fourth-order valence-electron chi connectivity index (χ4n) is 4.25. The van der Waals surface area contributed by atoms with Crippen LogP contribution in [0.25, 0.3) is 0 Å². The summed E-state index contributed by atoms with van der Waals surface area (Å²) in [5.74, 6) is -0.108. The first-order valence-electron chi connectivity index (χ1n) is 8.65. The van der Waals surface area contributed by atoms with Crippen molar-refractivity contribution >= 4 is 11.9 Å². The normalized spacial score (nSPS) is 21.6. The number of ether oxygens (including phenoxy) is 1. The second-order valence-electron chi connectivity index (χ2n) is 7.03. The number of esters is 1. The smallest absolute Gasteiger partial charge is 0.338 e. The van der Waals surface area contributed by atoms with Crippen molar-refractivity contribution in [2.24, 2.45) is 5.41 Å². The van der Waals surface area contributed by atoms with E-state index in [0.29, 0.717) is 18.5 Å². The first kappa shape index (κ1) is 15.9. The molecule has 1 unspecified atom stereocenters. The molecule has 0 radical (unpaired) electrons. The zero-order valence-electron chi connectivity index (χ0n) is 14.3. The maximum atomic E-state index is 13.2. The number of benzene rings is 2. The molecule has 0 N–H and O–H groups in total. The molecule has 1 amide bonds. The highest BCUT2D eigenvalue weighted by Crippen LogP contribution is 2.46. The van der Waals surface area contributed by atoms with Crippen LogP contribution in [0.4, 0.5) is 0 Å². The van der Waals surface area contributed by atoms with Gasteiger partial charge in [-0.1, -0.05) is 42.5 Å². The minimum Gasteiger partial charge on any atom is -0.465 e. The molecule has 1 saturated heterocycles. The maximum Gasteiger partial charge on any atom is 0.338 e. The average molecular weight is 335 g/mol. The number of likely N-dealkylation sites (tertiary alicyclic amines) is 1.